The molecule has 0 bridgehead atoms. The minimum absolute atomic E-state index is 0.00567. The summed E-state index contributed by atoms with van der Waals surface area (Å²) in [6.45, 7) is 4.72. The Hall–Kier alpha value is -1.55. The van der Waals surface area contributed by atoms with Gasteiger partial charge in [0, 0.05) is 24.3 Å². The monoisotopic (exact) mass is 261 g/mol. The summed E-state index contributed by atoms with van der Waals surface area (Å²) >= 11 is 0. The number of piperidine rings is 1. The van der Waals surface area contributed by atoms with E-state index in [1.54, 1.807) is 0 Å². The summed E-state index contributed by atoms with van der Waals surface area (Å²) < 4.78 is 0. The number of carbonyl (C=O) groups excluding carboxylic acids is 1. The lowest BCUT2D eigenvalue weighted by Gasteiger charge is -2.38. The van der Waals surface area contributed by atoms with E-state index >= 15 is 0 Å². The van der Waals surface area contributed by atoms with Gasteiger partial charge in [-0.15, -0.1) is 0 Å². The Morgan fingerprint density at radius 1 is 1.37 bits per heavy atom. The summed E-state index contributed by atoms with van der Waals surface area (Å²) in [7, 11) is 0. The standard InChI is InChI=1S/C15H23N3O/c1-11-5-3-6-12(2)18(11)15(19)17-14-8-4-7-13(9-14)10-16/h4,7-9,11-12H,3,5-6,10,16H2,1-2H3,(H,17,19)/t11-,12+. The second-order valence-electron chi connectivity index (χ2n) is 5.37. The van der Waals surface area contributed by atoms with E-state index < -0.39 is 0 Å². The van der Waals surface area contributed by atoms with Crippen molar-refractivity contribution in [2.45, 2.75) is 51.7 Å². The van der Waals surface area contributed by atoms with Gasteiger partial charge in [-0.05, 0) is 50.8 Å². The van der Waals surface area contributed by atoms with Crippen molar-refractivity contribution in [3.8, 4) is 0 Å². The molecule has 0 aliphatic carbocycles. The van der Waals surface area contributed by atoms with Crippen molar-refractivity contribution in [1.29, 1.82) is 0 Å². The van der Waals surface area contributed by atoms with Crippen LogP contribution in [-0.2, 0) is 6.54 Å². The Bertz CT molecular complexity index is 437. The van der Waals surface area contributed by atoms with Gasteiger partial charge in [0.05, 0.1) is 0 Å². The van der Waals surface area contributed by atoms with Crippen molar-refractivity contribution in [3.05, 3.63) is 29.8 Å². The molecule has 1 aromatic carbocycles. The van der Waals surface area contributed by atoms with Crippen LogP contribution >= 0.6 is 0 Å². The first kappa shape index (κ1) is 13.9. The highest BCUT2D eigenvalue weighted by molar-refractivity contribution is 5.89. The van der Waals surface area contributed by atoms with Gasteiger partial charge in [0.1, 0.15) is 0 Å². The molecule has 1 aliphatic heterocycles. The van der Waals surface area contributed by atoms with Crippen molar-refractivity contribution < 1.29 is 4.79 Å². The van der Waals surface area contributed by atoms with Crippen LogP contribution in [0.1, 0.15) is 38.7 Å². The van der Waals surface area contributed by atoms with E-state index in [0.29, 0.717) is 18.6 Å². The molecule has 0 spiro atoms. The molecule has 1 aromatic rings. The topological polar surface area (TPSA) is 58.4 Å². The summed E-state index contributed by atoms with van der Waals surface area (Å²) in [5.74, 6) is 0. The number of amides is 2. The zero-order valence-electron chi connectivity index (χ0n) is 11.7. The molecule has 2 atom stereocenters. The SMILES string of the molecule is C[C@@H]1CCC[C@H](C)N1C(=O)Nc1cccc(CN)c1. The third-order valence-electron chi connectivity index (χ3n) is 3.84. The predicted octanol–water partition coefficient (Wildman–Crippen LogP) is 2.94. The highest BCUT2D eigenvalue weighted by Crippen LogP contribution is 2.23. The molecule has 1 fully saturated rings. The molecule has 1 saturated heterocycles. The molecule has 0 saturated carbocycles. The summed E-state index contributed by atoms with van der Waals surface area (Å²) in [5.41, 5.74) is 7.46. The van der Waals surface area contributed by atoms with Crippen LogP contribution in [-0.4, -0.2) is 23.0 Å². The molecule has 0 radical (unpaired) electrons. The molecule has 4 nitrogen and oxygen atoms in total. The molecular weight excluding hydrogens is 238 g/mol. The Balaban J connectivity index is 2.07. The summed E-state index contributed by atoms with van der Waals surface area (Å²) in [6, 6.07) is 8.31. The fourth-order valence-corrected chi connectivity index (χ4v) is 2.79. The zero-order valence-corrected chi connectivity index (χ0v) is 11.7. The molecule has 19 heavy (non-hydrogen) atoms. The van der Waals surface area contributed by atoms with E-state index in [4.69, 9.17) is 5.73 Å². The first-order valence-electron chi connectivity index (χ1n) is 7.00. The normalized spacial score (nSPS) is 23.2. The van der Waals surface area contributed by atoms with Gasteiger partial charge in [0.15, 0.2) is 0 Å². The zero-order chi connectivity index (χ0) is 13.8. The Labute approximate surface area is 115 Å². The molecule has 1 aliphatic rings. The van der Waals surface area contributed by atoms with Crippen LogP contribution in [0.3, 0.4) is 0 Å². The first-order valence-corrected chi connectivity index (χ1v) is 7.00. The fourth-order valence-electron chi connectivity index (χ4n) is 2.79. The number of anilines is 1. The molecule has 0 unspecified atom stereocenters. The van der Waals surface area contributed by atoms with Crippen molar-refractivity contribution in [2.75, 3.05) is 5.32 Å². The third kappa shape index (κ3) is 3.26. The number of urea groups is 1. The number of hydrogen-bond donors (Lipinski definition) is 2. The molecule has 2 amide bonds. The van der Waals surface area contributed by atoms with Crippen molar-refractivity contribution in [2.24, 2.45) is 5.73 Å². The summed E-state index contributed by atoms with van der Waals surface area (Å²) in [5, 5.41) is 2.98. The van der Waals surface area contributed by atoms with E-state index in [1.165, 1.54) is 6.42 Å². The second kappa shape index (κ2) is 6.06. The van der Waals surface area contributed by atoms with Crippen LogP contribution in [0.2, 0.25) is 0 Å². The Morgan fingerprint density at radius 2 is 2.05 bits per heavy atom. The van der Waals surface area contributed by atoms with E-state index in [1.807, 2.05) is 29.2 Å². The highest BCUT2D eigenvalue weighted by atomic mass is 16.2. The average Bonchev–Trinajstić information content (AvgIpc) is 2.38. The van der Waals surface area contributed by atoms with Crippen LogP contribution in [0.4, 0.5) is 10.5 Å². The van der Waals surface area contributed by atoms with Gasteiger partial charge in [0.25, 0.3) is 0 Å². The maximum Gasteiger partial charge on any atom is 0.322 e. The number of nitrogens with one attached hydrogen (secondary N) is 1. The molecular formula is C15H23N3O. The van der Waals surface area contributed by atoms with E-state index in [0.717, 1.165) is 24.1 Å². The Morgan fingerprint density at radius 3 is 2.68 bits per heavy atom. The number of likely N-dealkylation sites (tertiary alicyclic amines) is 1. The summed E-state index contributed by atoms with van der Waals surface area (Å²) in [6.07, 6.45) is 3.37. The lowest BCUT2D eigenvalue weighted by Crippen LogP contribution is -2.49. The smallest absolute Gasteiger partial charge is 0.322 e. The Kier molecular flexibility index (Phi) is 4.43. The number of hydrogen-bond acceptors (Lipinski definition) is 2. The van der Waals surface area contributed by atoms with Crippen LogP contribution in [0.25, 0.3) is 0 Å². The van der Waals surface area contributed by atoms with Crippen molar-refractivity contribution in [1.82, 2.24) is 4.90 Å². The van der Waals surface area contributed by atoms with Crippen LogP contribution in [0, 0.1) is 0 Å². The van der Waals surface area contributed by atoms with E-state index in [2.05, 4.69) is 19.2 Å². The number of nitrogens with two attached hydrogens (primary N) is 1. The van der Waals surface area contributed by atoms with Gasteiger partial charge in [-0.25, -0.2) is 4.79 Å². The molecule has 104 valence electrons. The highest BCUT2D eigenvalue weighted by Gasteiger charge is 2.28. The molecule has 4 heteroatoms. The van der Waals surface area contributed by atoms with E-state index in [-0.39, 0.29) is 6.03 Å². The minimum atomic E-state index is -0.00567. The molecule has 2 rings (SSSR count). The van der Waals surface area contributed by atoms with Gasteiger partial charge in [-0.1, -0.05) is 12.1 Å². The summed E-state index contributed by atoms with van der Waals surface area (Å²) in [4.78, 5) is 14.3. The van der Waals surface area contributed by atoms with Gasteiger partial charge in [0.2, 0.25) is 0 Å². The molecule has 0 aromatic heterocycles. The second-order valence-corrected chi connectivity index (χ2v) is 5.37. The van der Waals surface area contributed by atoms with Crippen LogP contribution in [0.15, 0.2) is 24.3 Å². The van der Waals surface area contributed by atoms with E-state index in [9.17, 15) is 4.79 Å². The van der Waals surface area contributed by atoms with Gasteiger partial charge in [-0.3, -0.25) is 0 Å². The quantitative estimate of drug-likeness (QED) is 0.860. The third-order valence-corrected chi connectivity index (χ3v) is 3.84. The maximum absolute atomic E-state index is 12.4. The average molecular weight is 261 g/mol. The molecule has 3 N–H and O–H groups in total. The first-order chi connectivity index (χ1) is 9.11. The van der Waals surface area contributed by atoms with Gasteiger partial charge in [-0.2, -0.15) is 0 Å². The van der Waals surface area contributed by atoms with Gasteiger partial charge >= 0.3 is 6.03 Å². The number of nitrogens with zero attached hydrogens (tertiary/aromatic N) is 1. The predicted molar refractivity (Wildman–Crippen MR) is 78.0 cm³/mol. The lowest BCUT2D eigenvalue weighted by molar-refractivity contribution is 0.133. The number of benzene rings is 1. The van der Waals surface area contributed by atoms with Crippen LogP contribution < -0.4 is 11.1 Å². The lowest BCUT2D eigenvalue weighted by atomic mass is 9.98. The van der Waals surface area contributed by atoms with Crippen molar-refractivity contribution >= 4 is 11.7 Å². The fraction of sp³-hybridized carbons (Fsp3) is 0.533. The van der Waals surface area contributed by atoms with Gasteiger partial charge < -0.3 is 16.0 Å². The number of carbonyl (C=O) groups is 1. The maximum atomic E-state index is 12.4. The minimum Gasteiger partial charge on any atom is -0.326 e. The number of rotatable bonds is 2. The van der Waals surface area contributed by atoms with Crippen molar-refractivity contribution in [3.63, 3.8) is 0 Å². The van der Waals surface area contributed by atoms with Crippen LogP contribution in [0.5, 0.6) is 0 Å². The largest absolute Gasteiger partial charge is 0.326 e. The molecule has 1 heterocycles.